The Morgan fingerprint density at radius 2 is 1.58 bits per heavy atom. The Kier molecular flexibility index (Phi) is 9.32. The van der Waals surface area contributed by atoms with Gasteiger partial charge in [-0.25, -0.2) is 4.79 Å². The lowest BCUT2D eigenvalue weighted by Gasteiger charge is -2.35. The second kappa shape index (κ2) is 13.4. The highest BCUT2D eigenvalue weighted by Crippen LogP contribution is 2.42. The second-order valence-electron chi connectivity index (χ2n) is 12.0. The molecule has 3 saturated heterocycles. The predicted octanol–water partition coefficient (Wildman–Crippen LogP) is 3.86. The predicted molar refractivity (Wildman–Crippen MR) is 164 cm³/mol. The lowest BCUT2D eigenvalue weighted by atomic mass is 9.97. The number of carbonyl (C=O) groups excluding carboxylic acids is 2. The van der Waals surface area contributed by atoms with Gasteiger partial charge in [-0.1, -0.05) is 78.9 Å². The molecule has 0 radical (unpaired) electrons. The topological polar surface area (TPSA) is 105 Å². The molecule has 6 rings (SSSR count). The molecule has 0 aliphatic carbocycles. The third-order valence-corrected chi connectivity index (χ3v) is 8.55. The average Bonchev–Trinajstić information content (AvgIpc) is 3.51. The van der Waals surface area contributed by atoms with Gasteiger partial charge in [-0.2, -0.15) is 0 Å². The van der Waals surface area contributed by atoms with Crippen LogP contribution in [-0.4, -0.2) is 86.1 Å². The van der Waals surface area contributed by atoms with E-state index < -0.39 is 60.6 Å². The first kappa shape index (κ1) is 31.3. The molecular formula is C35H40N2O8. The zero-order valence-electron chi connectivity index (χ0n) is 25.9. The summed E-state index contributed by atoms with van der Waals surface area (Å²) in [4.78, 5) is 29.4. The van der Waals surface area contributed by atoms with Gasteiger partial charge in [-0.05, 0) is 37.1 Å². The van der Waals surface area contributed by atoms with Crippen molar-refractivity contribution in [2.24, 2.45) is 0 Å². The Hall–Kier alpha value is -3.64. The Balaban J connectivity index is 1.34. The third-order valence-electron chi connectivity index (χ3n) is 8.55. The van der Waals surface area contributed by atoms with Gasteiger partial charge in [0.1, 0.15) is 36.6 Å². The van der Waals surface area contributed by atoms with Crippen molar-refractivity contribution < 1.29 is 38.0 Å². The molecule has 10 heteroatoms. The van der Waals surface area contributed by atoms with Gasteiger partial charge in [0.2, 0.25) is 5.91 Å². The van der Waals surface area contributed by atoms with Crippen molar-refractivity contribution in [2.45, 2.75) is 75.1 Å². The second-order valence-corrected chi connectivity index (χ2v) is 12.0. The highest BCUT2D eigenvalue weighted by Gasteiger charge is 2.60. The lowest BCUT2D eigenvalue weighted by molar-refractivity contribution is -0.242. The summed E-state index contributed by atoms with van der Waals surface area (Å²) in [5, 5.41) is 3.40. The monoisotopic (exact) mass is 616 g/mol. The minimum Gasteiger partial charge on any atom is -0.455 e. The SMILES string of the molecule is CO[C@@H]1O[C@H]([C@@H](OCc2ccccc2)[C@@H]2NC[C@@H](OC(=O)c3ccccc3)[C@@H](c3ccccc3)N(C)C2=O)[C@H]2OC(C)(C)O[C@@H]12. The number of methoxy groups -OCH3 is 1. The first-order valence-electron chi connectivity index (χ1n) is 15.3. The summed E-state index contributed by atoms with van der Waals surface area (Å²) < 4.78 is 37.2. The van der Waals surface area contributed by atoms with E-state index in [4.69, 9.17) is 28.4 Å². The van der Waals surface area contributed by atoms with E-state index in [1.54, 1.807) is 43.3 Å². The van der Waals surface area contributed by atoms with E-state index in [0.29, 0.717) is 5.56 Å². The van der Waals surface area contributed by atoms with E-state index in [1.807, 2.05) is 80.6 Å². The van der Waals surface area contributed by atoms with Crippen LogP contribution in [0.1, 0.15) is 41.4 Å². The third kappa shape index (κ3) is 6.67. The summed E-state index contributed by atoms with van der Waals surface area (Å²) in [5.74, 6) is -1.58. The Labute approximate surface area is 263 Å². The normalized spacial score (nSPS) is 30.0. The van der Waals surface area contributed by atoms with Gasteiger partial charge in [0.15, 0.2) is 12.1 Å². The summed E-state index contributed by atoms with van der Waals surface area (Å²) in [6, 6.07) is 26.7. The number of likely N-dealkylation sites (N-methyl/N-ethyl adjacent to an activating group) is 1. The maximum absolute atomic E-state index is 14.5. The summed E-state index contributed by atoms with van der Waals surface area (Å²) in [6.45, 7) is 4.09. The first-order valence-corrected chi connectivity index (χ1v) is 15.3. The average molecular weight is 617 g/mol. The Morgan fingerprint density at radius 3 is 2.24 bits per heavy atom. The first-order chi connectivity index (χ1) is 21.8. The lowest BCUT2D eigenvalue weighted by Crippen LogP contribution is -2.57. The van der Waals surface area contributed by atoms with Gasteiger partial charge < -0.3 is 33.3 Å². The van der Waals surface area contributed by atoms with Gasteiger partial charge in [0.05, 0.1) is 18.2 Å². The van der Waals surface area contributed by atoms with Gasteiger partial charge >= 0.3 is 5.97 Å². The number of ether oxygens (including phenoxy) is 6. The molecule has 3 aromatic carbocycles. The van der Waals surface area contributed by atoms with Crippen LogP contribution in [0.15, 0.2) is 91.0 Å². The van der Waals surface area contributed by atoms with Crippen LogP contribution < -0.4 is 5.32 Å². The number of fused-ring (bicyclic) bond motifs is 1. The fourth-order valence-electron chi connectivity index (χ4n) is 6.47. The molecule has 3 aliphatic rings. The molecule has 3 heterocycles. The summed E-state index contributed by atoms with van der Waals surface area (Å²) >= 11 is 0. The van der Waals surface area contributed by atoms with E-state index in [-0.39, 0.29) is 19.1 Å². The molecule has 8 atom stereocenters. The molecule has 0 aromatic heterocycles. The maximum atomic E-state index is 14.5. The highest BCUT2D eigenvalue weighted by molar-refractivity contribution is 5.89. The number of hydrogen-bond donors (Lipinski definition) is 1. The zero-order chi connectivity index (χ0) is 31.6. The molecule has 3 aliphatic heterocycles. The van der Waals surface area contributed by atoms with Gasteiger partial charge in [-0.3, -0.25) is 10.1 Å². The van der Waals surface area contributed by atoms with Crippen LogP contribution in [0.4, 0.5) is 0 Å². The van der Waals surface area contributed by atoms with Crippen LogP contribution in [-0.2, 0) is 39.8 Å². The Bertz CT molecular complexity index is 1440. The molecule has 1 amide bonds. The van der Waals surface area contributed by atoms with Crippen LogP contribution in [0.2, 0.25) is 0 Å². The van der Waals surface area contributed by atoms with Crippen molar-refractivity contribution in [3.05, 3.63) is 108 Å². The number of carbonyl (C=O) groups is 2. The van der Waals surface area contributed by atoms with Gasteiger partial charge in [0.25, 0.3) is 0 Å². The molecule has 238 valence electrons. The number of rotatable bonds is 9. The quantitative estimate of drug-likeness (QED) is 0.359. The number of hydrogen-bond acceptors (Lipinski definition) is 9. The zero-order valence-corrected chi connectivity index (χ0v) is 25.9. The van der Waals surface area contributed by atoms with Crippen molar-refractivity contribution in [1.82, 2.24) is 10.2 Å². The van der Waals surface area contributed by atoms with Crippen LogP contribution in [0.25, 0.3) is 0 Å². The summed E-state index contributed by atoms with van der Waals surface area (Å²) in [7, 11) is 3.28. The van der Waals surface area contributed by atoms with Crippen LogP contribution in [0, 0.1) is 0 Å². The molecule has 3 fully saturated rings. The minimum atomic E-state index is -0.876. The van der Waals surface area contributed by atoms with Gasteiger partial charge in [-0.15, -0.1) is 0 Å². The number of amides is 1. The molecular weight excluding hydrogens is 576 g/mol. The number of nitrogens with one attached hydrogen (secondary N) is 1. The molecule has 45 heavy (non-hydrogen) atoms. The molecule has 3 aromatic rings. The van der Waals surface area contributed by atoms with E-state index in [1.165, 1.54) is 0 Å². The number of esters is 1. The van der Waals surface area contributed by atoms with E-state index in [9.17, 15) is 9.59 Å². The van der Waals surface area contributed by atoms with Crippen molar-refractivity contribution in [2.75, 3.05) is 20.7 Å². The molecule has 10 nitrogen and oxygen atoms in total. The molecule has 0 bridgehead atoms. The highest BCUT2D eigenvalue weighted by atomic mass is 16.8. The fourth-order valence-corrected chi connectivity index (χ4v) is 6.47. The van der Waals surface area contributed by atoms with Gasteiger partial charge in [0, 0.05) is 20.7 Å². The van der Waals surface area contributed by atoms with Crippen molar-refractivity contribution in [1.29, 1.82) is 0 Å². The smallest absolute Gasteiger partial charge is 0.338 e. The van der Waals surface area contributed by atoms with Crippen LogP contribution in [0.5, 0.6) is 0 Å². The Morgan fingerprint density at radius 1 is 0.956 bits per heavy atom. The number of benzene rings is 3. The van der Waals surface area contributed by atoms with E-state index in [2.05, 4.69) is 5.32 Å². The van der Waals surface area contributed by atoms with Crippen molar-refractivity contribution in [3.8, 4) is 0 Å². The van der Waals surface area contributed by atoms with E-state index in [0.717, 1.165) is 11.1 Å². The fraction of sp³-hybridized carbons (Fsp3) is 0.429. The number of nitrogens with zero attached hydrogens (tertiary/aromatic N) is 1. The van der Waals surface area contributed by atoms with Crippen LogP contribution in [0.3, 0.4) is 0 Å². The largest absolute Gasteiger partial charge is 0.455 e. The van der Waals surface area contributed by atoms with Crippen molar-refractivity contribution in [3.63, 3.8) is 0 Å². The molecule has 0 spiro atoms. The maximum Gasteiger partial charge on any atom is 0.338 e. The summed E-state index contributed by atoms with van der Waals surface area (Å²) in [5.41, 5.74) is 2.21. The standard InChI is InChI=1S/C35H40N2O8/c1-35(2)44-30-29(43-34(40-4)31(30)45-35)28(41-21-22-14-8-5-9-15-22)26-32(38)37(3)27(23-16-10-6-11-17-23)25(20-36-26)42-33(39)24-18-12-7-13-19-24/h5-19,25-31,34,36H,20-21H2,1-4H3/t25-,26+,27-,28+,29-,30-,31-,34-/m1/s1. The molecule has 0 saturated carbocycles. The minimum absolute atomic E-state index is 0.182. The van der Waals surface area contributed by atoms with Crippen molar-refractivity contribution >= 4 is 11.9 Å². The molecule has 0 unspecified atom stereocenters. The summed E-state index contributed by atoms with van der Waals surface area (Å²) in [6.07, 6.45) is -3.99. The molecule has 1 N–H and O–H groups in total. The van der Waals surface area contributed by atoms with Crippen LogP contribution >= 0.6 is 0 Å². The van der Waals surface area contributed by atoms with E-state index >= 15 is 0 Å².